The van der Waals surface area contributed by atoms with E-state index in [2.05, 4.69) is 15.1 Å². The summed E-state index contributed by atoms with van der Waals surface area (Å²) < 4.78 is 36.2. The SMILES string of the molecule is CC1(C)COc2c(S(=O)(=O)Nc3cccc4c3CN(C3CCC(=O)NC3=O)C4=O)cnn2C1. The predicted octanol–water partition coefficient (Wildman–Crippen LogP) is 0.863. The van der Waals surface area contributed by atoms with Crippen LogP contribution in [0.1, 0.15) is 42.6 Å². The molecule has 3 amide bonds. The molecule has 3 aliphatic heterocycles. The Hall–Kier alpha value is -3.41. The van der Waals surface area contributed by atoms with Crippen molar-refractivity contribution in [2.45, 2.75) is 50.7 Å². The summed E-state index contributed by atoms with van der Waals surface area (Å²) >= 11 is 0. The number of piperidine rings is 1. The zero-order valence-corrected chi connectivity index (χ0v) is 18.9. The highest BCUT2D eigenvalue weighted by molar-refractivity contribution is 7.92. The number of ether oxygens (including phenoxy) is 1. The molecule has 1 fully saturated rings. The number of fused-ring (bicyclic) bond motifs is 2. The molecule has 0 saturated carbocycles. The number of anilines is 1. The maximum Gasteiger partial charge on any atom is 0.268 e. The summed E-state index contributed by atoms with van der Waals surface area (Å²) in [5, 5.41) is 6.42. The fourth-order valence-corrected chi connectivity index (χ4v) is 5.57. The van der Waals surface area contributed by atoms with Gasteiger partial charge in [0.2, 0.25) is 17.7 Å². The Balaban J connectivity index is 1.43. The molecule has 174 valence electrons. The summed E-state index contributed by atoms with van der Waals surface area (Å²) in [6.07, 6.45) is 1.62. The van der Waals surface area contributed by atoms with Crippen LogP contribution in [0.5, 0.6) is 5.88 Å². The number of nitrogens with one attached hydrogen (secondary N) is 2. The van der Waals surface area contributed by atoms with Crippen molar-refractivity contribution >= 4 is 33.4 Å². The van der Waals surface area contributed by atoms with Gasteiger partial charge in [-0.3, -0.25) is 24.4 Å². The quantitative estimate of drug-likeness (QED) is 0.628. The summed E-state index contributed by atoms with van der Waals surface area (Å²) in [4.78, 5) is 38.0. The van der Waals surface area contributed by atoms with Crippen LogP contribution in [0.15, 0.2) is 29.3 Å². The Morgan fingerprint density at radius 2 is 2.03 bits per heavy atom. The van der Waals surface area contributed by atoms with E-state index < -0.39 is 22.0 Å². The summed E-state index contributed by atoms with van der Waals surface area (Å²) in [5.41, 5.74) is 0.855. The van der Waals surface area contributed by atoms with Crippen molar-refractivity contribution in [2.24, 2.45) is 5.41 Å². The van der Waals surface area contributed by atoms with Crippen molar-refractivity contribution in [3.63, 3.8) is 0 Å². The second-order valence-electron chi connectivity index (χ2n) is 9.26. The molecule has 1 aromatic heterocycles. The minimum absolute atomic E-state index is 0.0515. The molecule has 3 aliphatic rings. The molecule has 1 saturated heterocycles. The molecule has 0 bridgehead atoms. The molecular weight excluding hydrogens is 450 g/mol. The lowest BCUT2D eigenvalue weighted by atomic mass is 9.94. The number of hydrogen-bond donors (Lipinski definition) is 2. The van der Waals surface area contributed by atoms with Crippen molar-refractivity contribution in [3.8, 4) is 5.88 Å². The average Bonchev–Trinajstić information content (AvgIpc) is 3.29. The number of amides is 3. The number of benzene rings is 1. The molecule has 1 atom stereocenters. The van der Waals surface area contributed by atoms with Gasteiger partial charge in [-0.25, -0.2) is 13.1 Å². The molecule has 1 unspecified atom stereocenters. The molecule has 11 nitrogen and oxygen atoms in total. The number of sulfonamides is 1. The van der Waals surface area contributed by atoms with Crippen LogP contribution in [0, 0.1) is 5.41 Å². The molecule has 4 heterocycles. The van der Waals surface area contributed by atoms with Crippen LogP contribution in [-0.2, 0) is 32.7 Å². The molecule has 0 aliphatic carbocycles. The largest absolute Gasteiger partial charge is 0.476 e. The van der Waals surface area contributed by atoms with E-state index in [4.69, 9.17) is 4.74 Å². The summed E-state index contributed by atoms with van der Waals surface area (Å²) in [7, 11) is -4.06. The van der Waals surface area contributed by atoms with Crippen LogP contribution in [0.3, 0.4) is 0 Å². The first kappa shape index (κ1) is 21.4. The third-order valence-corrected chi connectivity index (χ3v) is 7.40. The zero-order valence-electron chi connectivity index (χ0n) is 18.1. The van der Waals surface area contributed by atoms with Crippen LogP contribution in [0.4, 0.5) is 5.69 Å². The monoisotopic (exact) mass is 473 g/mol. The maximum absolute atomic E-state index is 13.2. The average molecular weight is 474 g/mol. The molecule has 0 spiro atoms. The van der Waals surface area contributed by atoms with Crippen molar-refractivity contribution in [1.82, 2.24) is 20.0 Å². The standard InChI is InChI=1S/C21H23N5O6S/c1-21(2)10-26-20(32-11-21)16(8-22-26)33(30,31)24-14-5-3-4-12-13(14)9-25(19(12)29)15-6-7-17(27)23-18(15)28/h3-5,8,15,24H,6-7,9-11H2,1-2H3,(H,23,27,28). The first-order valence-corrected chi connectivity index (χ1v) is 12.0. The van der Waals surface area contributed by atoms with E-state index in [1.165, 1.54) is 15.8 Å². The maximum atomic E-state index is 13.2. The highest BCUT2D eigenvalue weighted by Gasteiger charge is 2.40. The second kappa shape index (κ2) is 7.30. The number of carbonyl (C=O) groups is 3. The Kier molecular flexibility index (Phi) is 4.74. The third-order valence-electron chi connectivity index (χ3n) is 6.05. The first-order chi connectivity index (χ1) is 15.6. The smallest absolute Gasteiger partial charge is 0.268 e. The Morgan fingerprint density at radius 3 is 2.79 bits per heavy atom. The van der Waals surface area contributed by atoms with Gasteiger partial charge in [-0.05, 0) is 18.6 Å². The number of imide groups is 1. The molecule has 0 radical (unpaired) electrons. The lowest BCUT2D eigenvalue weighted by Crippen LogP contribution is -2.52. The number of nitrogens with zero attached hydrogens (tertiary/aromatic N) is 3. The van der Waals surface area contributed by atoms with Crippen LogP contribution < -0.4 is 14.8 Å². The lowest BCUT2D eigenvalue weighted by Gasteiger charge is -2.30. The van der Waals surface area contributed by atoms with E-state index >= 15 is 0 Å². The second-order valence-corrected chi connectivity index (χ2v) is 10.9. The zero-order chi connectivity index (χ0) is 23.5. The molecular formula is C21H23N5O6S. The normalized spacial score (nSPS) is 21.8. The minimum atomic E-state index is -4.06. The topological polar surface area (TPSA) is 140 Å². The van der Waals surface area contributed by atoms with E-state index in [0.29, 0.717) is 24.3 Å². The highest BCUT2D eigenvalue weighted by atomic mass is 32.2. The summed E-state index contributed by atoms with van der Waals surface area (Å²) in [6.45, 7) is 4.94. The molecule has 12 heteroatoms. The fourth-order valence-electron chi connectivity index (χ4n) is 4.40. The van der Waals surface area contributed by atoms with Gasteiger partial charge in [-0.1, -0.05) is 19.9 Å². The van der Waals surface area contributed by atoms with E-state index in [1.807, 2.05) is 13.8 Å². The van der Waals surface area contributed by atoms with Gasteiger partial charge in [0, 0.05) is 29.5 Å². The lowest BCUT2D eigenvalue weighted by molar-refractivity contribution is -0.136. The number of aromatic nitrogens is 2. The van der Waals surface area contributed by atoms with Gasteiger partial charge in [-0.15, -0.1) is 0 Å². The molecule has 5 rings (SSSR count). The highest BCUT2D eigenvalue weighted by Crippen LogP contribution is 2.36. The van der Waals surface area contributed by atoms with Crippen molar-refractivity contribution < 1.29 is 27.5 Å². The minimum Gasteiger partial charge on any atom is -0.476 e. The molecule has 1 aromatic carbocycles. The van der Waals surface area contributed by atoms with Gasteiger partial charge < -0.3 is 9.64 Å². The number of rotatable bonds is 4. The Labute approximate surface area is 190 Å². The number of carbonyl (C=O) groups excluding carboxylic acids is 3. The summed E-state index contributed by atoms with van der Waals surface area (Å²) in [5.74, 6) is -1.10. The first-order valence-electron chi connectivity index (χ1n) is 10.5. The van der Waals surface area contributed by atoms with E-state index in [9.17, 15) is 22.8 Å². The van der Waals surface area contributed by atoms with Gasteiger partial charge in [0.25, 0.3) is 15.9 Å². The van der Waals surface area contributed by atoms with Gasteiger partial charge in [-0.2, -0.15) is 5.10 Å². The molecule has 2 N–H and O–H groups in total. The van der Waals surface area contributed by atoms with Gasteiger partial charge in [0.05, 0.1) is 25.0 Å². The fraction of sp³-hybridized carbons (Fsp3) is 0.429. The summed E-state index contributed by atoms with van der Waals surface area (Å²) in [6, 6.07) is 3.95. The third kappa shape index (κ3) is 3.63. The van der Waals surface area contributed by atoms with Crippen LogP contribution >= 0.6 is 0 Å². The number of hydrogen-bond acceptors (Lipinski definition) is 7. The van der Waals surface area contributed by atoms with Crippen LogP contribution in [0.2, 0.25) is 0 Å². The van der Waals surface area contributed by atoms with Gasteiger partial charge in [0.15, 0.2) is 4.90 Å². The van der Waals surface area contributed by atoms with E-state index in [1.54, 1.807) is 18.2 Å². The van der Waals surface area contributed by atoms with Crippen LogP contribution in [-0.4, -0.2) is 53.5 Å². The van der Waals surface area contributed by atoms with Gasteiger partial charge in [0.1, 0.15) is 6.04 Å². The van der Waals surface area contributed by atoms with E-state index in [0.717, 1.165) is 0 Å². The predicted molar refractivity (Wildman–Crippen MR) is 115 cm³/mol. The molecule has 33 heavy (non-hydrogen) atoms. The van der Waals surface area contributed by atoms with E-state index in [-0.39, 0.29) is 53.1 Å². The van der Waals surface area contributed by atoms with Crippen molar-refractivity contribution in [3.05, 3.63) is 35.5 Å². The van der Waals surface area contributed by atoms with Crippen molar-refractivity contribution in [2.75, 3.05) is 11.3 Å². The van der Waals surface area contributed by atoms with Crippen LogP contribution in [0.25, 0.3) is 0 Å². The van der Waals surface area contributed by atoms with Gasteiger partial charge >= 0.3 is 0 Å². The Morgan fingerprint density at radius 1 is 1.24 bits per heavy atom. The van der Waals surface area contributed by atoms with Crippen molar-refractivity contribution in [1.29, 1.82) is 0 Å². The molecule has 2 aromatic rings. The Bertz CT molecular complexity index is 1300.